The van der Waals surface area contributed by atoms with Crippen molar-refractivity contribution in [3.05, 3.63) is 60.2 Å². The zero-order chi connectivity index (χ0) is 13.3. The lowest BCUT2D eigenvalue weighted by Crippen LogP contribution is -2.07. The van der Waals surface area contributed by atoms with Crippen LogP contribution >= 0.6 is 0 Å². The van der Waals surface area contributed by atoms with Crippen LogP contribution in [0.15, 0.2) is 64.6 Å². The number of hydrazone groups is 1. The standard InChI is InChI=1S/C14H12N2O2S/c17-19(18)10-13(12-8-4-5-9-14(12)19)16-15-11-6-2-1-3-7-11/h1-9,15H,10H2/b16-13-. The third kappa shape index (κ3) is 2.24. The highest BCUT2D eigenvalue weighted by molar-refractivity contribution is 7.92. The number of benzene rings is 2. The van der Waals surface area contributed by atoms with E-state index in [1.807, 2.05) is 36.4 Å². The molecule has 5 heteroatoms. The van der Waals surface area contributed by atoms with Crippen LogP contribution in [0.1, 0.15) is 5.56 Å². The van der Waals surface area contributed by atoms with Crippen molar-refractivity contribution in [1.29, 1.82) is 0 Å². The highest BCUT2D eigenvalue weighted by Crippen LogP contribution is 2.26. The molecule has 1 aliphatic heterocycles. The number of hydrogen-bond acceptors (Lipinski definition) is 4. The molecule has 0 saturated heterocycles. The normalized spacial score (nSPS) is 18.2. The Morgan fingerprint density at radius 3 is 2.42 bits per heavy atom. The molecule has 0 atom stereocenters. The highest BCUT2D eigenvalue weighted by Gasteiger charge is 2.31. The van der Waals surface area contributed by atoms with E-state index < -0.39 is 9.84 Å². The molecule has 2 aromatic carbocycles. The number of nitrogens with zero attached hydrogens (tertiary/aromatic N) is 1. The summed E-state index contributed by atoms with van der Waals surface area (Å²) in [5.74, 6) is -0.0494. The van der Waals surface area contributed by atoms with E-state index >= 15 is 0 Å². The van der Waals surface area contributed by atoms with E-state index in [4.69, 9.17) is 0 Å². The largest absolute Gasteiger partial charge is 0.278 e. The Morgan fingerprint density at radius 1 is 0.947 bits per heavy atom. The minimum absolute atomic E-state index is 0.0494. The lowest BCUT2D eigenvalue weighted by Gasteiger charge is -2.01. The topological polar surface area (TPSA) is 58.5 Å². The van der Waals surface area contributed by atoms with Crippen LogP contribution in [0, 0.1) is 0 Å². The van der Waals surface area contributed by atoms with Gasteiger partial charge in [-0.05, 0) is 18.2 Å². The van der Waals surface area contributed by atoms with Crippen LogP contribution in [0.3, 0.4) is 0 Å². The van der Waals surface area contributed by atoms with Crippen LogP contribution in [-0.2, 0) is 9.84 Å². The summed E-state index contributed by atoms with van der Waals surface area (Å²) in [7, 11) is -3.23. The Bertz CT molecular complexity index is 737. The third-order valence-corrected chi connectivity index (χ3v) is 4.63. The predicted octanol–water partition coefficient (Wildman–Crippen LogP) is 2.29. The van der Waals surface area contributed by atoms with Crippen LogP contribution in [0.4, 0.5) is 5.69 Å². The van der Waals surface area contributed by atoms with Gasteiger partial charge < -0.3 is 0 Å². The Balaban J connectivity index is 1.96. The van der Waals surface area contributed by atoms with Crippen molar-refractivity contribution in [3.8, 4) is 0 Å². The zero-order valence-corrected chi connectivity index (χ0v) is 10.9. The van der Waals surface area contributed by atoms with E-state index in [-0.39, 0.29) is 5.75 Å². The molecule has 0 radical (unpaired) electrons. The van der Waals surface area contributed by atoms with Crippen molar-refractivity contribution in [2.24, 2.45) is 5.10 Å². The summed E-state index contributed by atoms with van der Waals surface area (Å²) in [6.45, 7) is 0. The SMILES string of the molecule is O=S1(=O)C/C(=N/Nc2ccccc2)c2ccccc21. The molecule has 0 amide bonds. The minimum Gasteiger partial charge on any atom is -0.278 e. The lowest BCUT2D eigenvalue weighted by molar-refractivity contribution is 0.601. The van der Waals surface area contributed by atoms with Gasteiger partial charge in [0.25, 0.3) is 0 Å². The van der Waals surface area contributed by atoms with Gasteiger partial charge in [-0.3, -0.25) is 5.43 Å². The molecule has 1 heterocycles. The molecule has 1 N–H and O–H groups in total. The van der Waals surface area contributed by atoms with Gasteiger partial charge in [0.05, 0.1) is 22.0 Å². The maximum atomic E-state index is 12.0. The summed E-state index contributed by atoms with van der Waals surface area (Å²) in [6, 6.07) is 16.4. The summed E-state index contributed by atoms with van der Waals surface area (Å²) < 4.78 is 23.9. The molecule has 0 aliphatic carbocycles. The number of hydrogen-bond donors (Lipinski definition) is 1. The highest BCUT2D eigenvalue weighted by atomic mass is 32.2. The van der Waals surface area contributed by atoms with Crippen molar-refractivity contribution in [2.75, 3.05) is 11.2 Å². The lowest BCUT2D eigenvalue weighted by atomic mass is 10.1. The number of fused-ring (bicyclic) bond motifs is 1. The van der Waals surface area contributed by atoms with E-state index in [1.165, 1.54) is 0 Å². The molecule has 4 nitrogen and oxygen atoms in total. The fourth-order valence-electron chi connectivity index (χ4n) is 2.05. The van der Waals surface area contributed by atoms with Gasteiger partial charge >= 0.3 is 0 Å². The number of rotatable bonds is 2. The summed E-state index contributed by atoms with van der Waals surface area (Å²) >= 11 is 0. The first-order valence-electron chi connectivity index (χ1n) is 5.86. The van der Waals surface area contributed by atoms with Gasteiger partial charge in [0.2, 0.25) is 0 Å². The van der Waals surface area contributed by atoms with Crippen LogP contribution in [0.5, 0.6) is 0 Å². The molecular formula is C14H12N2O2S. The summed E-state index contributed by atoms with van der Waals surface area (Å²) in [4.78, 5) is 0.364. The van der Waals surface area contributed by atoms with E-state index in [2.05, 4.69) is 10.5 Å². The smallest absolute Gasteiger partial charge is 0.184 e. The zero-order valence-electron chi connectivity index (χ0n) is 10.1. The van der Waals surface area contributed by atoms with Gasteiger partial charge in [-0.15, -0.1) is 0 Å². The number of para-hydroxylation sites is 1. The Labute approximate surface area is 111 Å². The van der Waals surface area contributed by atoms with Gasteiger partial charge in [-0.25, -0.2) is 8.42 Å². The molecule has 3 rings (SSSR count). The average Bonchev–Trinajstić information content (AvgIpc) is 2.70. The van der Waals surface area contributed by atoms with Crippen molar-refractivity contribution in [3.63, 3.8) is 0 Å². The molecule has 1 aliphatic rings. The van der Waals surface area contributed by atoms with Gasteiger partial charge in [0.1, 0.15) is 0 Å². The predicted molar refractivity (Wildman–Crippen MR) is 75.1 cm³/mol. The number of anilines is 1. The van der Waals surface area contributed by atoms with E-state index in [9.17, 15) is 8.42 Å². The molecule has 96 valence electrons. The first-order valence-corrected chi connectivity index (χ1v) is 7.52. The van der Waals surface area contributed by atoms with E-state index in [1.54, 1.807) is 18.2 Å². The van der Waals surface area contributed by atoms with Crippen LogP contribution in [0.2, 0.25) is 0 Å². The molecule has 2 aromatic rings. The second-order valence-corrected chi connectivity index (χ2v) is 6.25. The summed E-state index contributed by atoms with van der Waals surface area (Å²) in [6.07, 6.45) is 0. The quantitative estimate of drug-likeness (QED) is 0.853. The monoisotopic (exact) mass is 272 g/mol. The Kier molecular flexibility index (Phi) is 2.83. The second-order valence-electron chi connectivity index (χ2n) is 4.29. The molecular weight excluding hydrogens is 260 g/mol. The van der Waals surface area contributed by atoms with Crippen molar-refractivity contribution in [1.82, 2.24) is 0 Å². The summed E-state index contributed by atoms with van der Waals surface area (Å²) in [5, 5.41) is 4.22. The molecule has 19 heavy (non-hydrogen) atoms. The van der Waals surface area contributed by atoms with Crippen LogP contribution in [0.25, 0.3) is 0 Å². The molecule has 0 aromatic heterocycles. The first kappa shape index (κ1) is 11.9. The van der Waals surface area contributed by atoms with E-state index in [0.29, 0.717) is 16.2 Å². The van der Waals surface area contributed by atoms with Gasteiger partial charge in [0.15, 0.2) is 9.84 Å². The van der Waals surface area contributed by atoms with Gasteiger partial charge in [0, 0.05) is 5.56 Å². The molecule has 0 unspecified atom stereocenters. The number of nitrogens with one attached hydrogen (secondary N) is 1. The van der Waals surface area contributed by atoms with Crippen LogP contribution in [-0.4, -0.2) is 19.9 Å². The average molecular weight is 272 g/mol. The summed E-state index contributed by atoms with van der Waals surface area (Å²) in [5.41, 5.74) is 4.96. The van der Waals surface area contributed by atoms with Gasteiger partial charge in [-0.1, -0.05) is 36.4 Å². The maximum absolute atomic E-state index is 12.0. The molecule has 0 bridgehead atoms. The second kappa shape index (κ2) is 4.51. The van der Waals surface area contributed by atoms with Crippen molar-refractivity contribution in [2.45, 2.75) is 4.90 Å². The molecule has 0 saturated carbocycles. The Hall–Kier alpha value is -2.14. The van der Waals surface area contributed by atoms with E-state index in [0.717, 1.165) is 5.69 Å². The molecule has 0 fully saturated rings. The number of sulfone groups is 1. The third-order valence-electron chi connectivity index (χ3n) is 2.95. The minimum atomic E-state index is -3.23. The van der Waals surface area contributed by atoms with Crippen molar-refractivity contribution >= 4 is 21.2 Å². The van der Waals surface area contributed by atoms with Gasteiger partial charge in [-0.2, -0.15) is 5.10 Å². The maximum Gasteiger partial charge on any atom is 0.184 e. The first-order chi connectivity index (χ1) is 9.17. The molecule has 0 spiro atoms. The fourth-order valence-corrected chi connectivity index (χ4v) is 3.59. The van der Waals surface area contributed by atoms with Crippen LogP contribution < -0.4 is 5.43 Å². The fraction of sp³-hybridized carbons (Fsp3) is 0.0714. The van der Waals surface area contributed by atoms with Crippen molar-refractivity contribution < 1.29 is 8.42 Å². The Morgan fingerprint density at radius 2 is 1.63 bits per heavy atom.